The number of pyridine rings is 1. The van der Waals surface area contributed by atoms with Gasteiger partial charge in [-0.05, 0) is 36.8 Å². The molecule has 0 spiro atoms. The molecule has 0 aliphatic rings. The molecule has 0 saturated carbocycles. The van der Waals surface area contributed by atoms with Gasteiger partial charge in [0.25, 0.3) is 0 Å². The van der Waals surface area contributed by atoms with Crippen LogP contribution in [0.25, 0.3) is 0 Å². The molecule has 0 unspecified atom stereocenters. The highest BCUT2D eigenvalue weighted by Crippen LogP contribution is 2.16. The number of benzene rings is 1. The number of anilines is 2. The third-order valence-electron chi connectivity index (χ3n) is 3.72. The van der Waals surface area contributed by atoms with Crippen molar-refractivity contribution in [2.45, 2.75) is 25.7 Å². The molecule has 0 aliphatic heterocycles. The molecule has 2 rings (SSSR count). The Labute approximate surface area is 148 Å². The van der Waals surface area contributed by atoms with E-state index in [1.807, 2.05) is 25.1 Å². The molecule has 25 heavy (non-hydrogen) atoms. The second-order valence-corrected chi connectivity index (χ2v) is 7.34. The Kier molecular flexibility index (Phi) is 6.11. The van der Waals surface area contributed by atoms with Crippen molar-refractivity contribution in [1.82, 2.24) is 9.29 Å². The highest BCUT2D eigenvalue weighted by Gasteiger charge is 2.21. The average Bonchev–Trinajstić information content (AvgIpc) is 2.61. The van der Waals surface area contributed by atoms with Crippen LogP contribution in [0.2, 0.25) is 0 Å². The van der Waals surface area contributed by atoms with Gasteiger partial charge in [0.2, 0.25) is 10.0 Å². The smallest absolute Gasteiger partial charge is 0.244 e. The predicted molar refractivity (Wildman–Crippen MR) is 101 cm³/mol. The van der Waals surface area contributed by atoms with Gasteiger partial charge in [0, 0.05) is 25.0 Å². The van der Waals surface area contributed by atoms with Gasteiger partial charge in [-0.1, -0.05) is 26.0 Å². The number of hydrogen-bond donors (Lipinski definition) is 2. The summed E-state index contributed by atoms with van der Waals surface area (Å²) in [6.45, 7) is 6.29. The number of nitrogen functional groups attached to an aromatic ring is 1. The lowest BCUT2D eigenvalue weighted by Crippen LogP contribution is -2.30. The largest absolute Gasteiger partial charge is 0.399 e. The summed E-state index contributed by atoms with van der Waals surface area (Å²) in [6.07, 6.45) is 1.33. The normalized spacial score (nSPS) is 12.4. The molecule has 0 fully saturated rings. The standard InChI is InChI=1S/C17H23N5O2S/c1-4-22(5-2)25(23,24)16-9-10-17(19-12-16)21-20-13(3)14-7-6-8-15(18)11-14/h6-12H,4-5,18H2,1-3H3,(H,19,21)/b20-13+. The Morgan fingerprint density at radius 3 is 2.52 bits per heavy atom. The quantitative estimate of drug-likeness (QED) is 0.448. The number of sulfonamides is 1. The molecule has 0 radical (unpaired) electrons. The second kappa shape index (κ2) is 8.09. The first-order chi connectivity index (χ1) is 11.9. The Morgan fingerprint density at radius 2 is 1.96 bits per heavy atom. The Hall–Kier alpha value is -2.45. The highest BCUT2D eigenvalue weighted by molar-refractivity contribution is 7.89. The lowest BCUT2D eigenvalue weighted by atomic mass is 10.1. The molecule has 8 heteroatoms. The second-order valence-electron chi connectivity index (χ2n) is 5.40. The van der Waals surface area contributed by atoms with Crippen molar-refractivity contribution < 1.29 is 8.42 Å². The van der Waals surface area contributed by atoms with E-state index in [4.69, 9.17) is 5.73 Å². The molecule has 1 aromatic carbocycles. The number of hydrazone groups is 1. The van der Waals surface area contributed by atoms with E-state index in [-0.39, 0.29) is 4.90 Å². The number of nitrogens with one attached hydrogen (secondary N) is 1. The van der Waals surface area contributed by atoms with Gasteiger partial charge in [-0.25, -0.2) is 13.4 Å². The number of rotatable bonds is 7. The van der Waals surface area contributed by atoms with E-state index < -0.39 is 10.0 Å². The van der Waals surface area contributed by atoms with Gasteiger partial charge in [0.15, 0.2) is 0 Å². The van der Waals surface area contributed by atoms with Crippen molar-refractivity contribution in [3.05, 3.63) is 48.2 Å². The highest BCUT2D eigenvalue weighted by atomic mass is 32.2. The van der Waals surface area contributed by atoms with E-state index >= 15 is 0 Å². The van der Waals surface area contributed by atoms with Crippen molar-refractivity contribution in [3.8, 4) is 0 Å². The maximum absolute atomic E-state index is 12.4. The van der Waals surface area contributed by atoms with E-state index in [0.717, 1.165) is 11.3 Å². The third kappa shape index (κ3) is 4.55. The van der Waals surface area contributed by atoms with E-state index in [9.17, 15) is 8.42 Å². The van der Waals surface area contributed by atoms with Gasteiger partial charge in [-0.2, -0.15) is 9.41 Å². The maximum Gasteiger partial charge on any atom is 0.244 e. The van der Waals surface area contributed by atoms with Gasteiger partial charge < -0.3 is 5.73 Å². The molecule has 134 valence electrons. The summed E-state index contributed by atoms with van der Waals surface area (Å²) in [7, 11) is -3.50. The van der Waals surface area contributed by atoms with E-state index in [0.29, 0.717) is 24.6 Å². The average molecular weight is 361 g/mol. The van der Waals surface area contributed by atoms with Crippen LogP contribution < -0.4 is 11.2 Å². The van der Waals surface area contributed by atoms with Crippen LogP contribution in [0.15, 0.2) is 52.6 Å². The van der Waals surface area contributed by atoms with Crippen molar-refractivity contribution in [2.75, 3.05) is 24.2 Å². The number of hydrogen-bond acceptors (Lipinski definition) is 6. The fraction of sp³-hybridized carbons (Fsp3) is 0.294. The van der Waals surface area contributed by atoms with E-state index in [2.05, 4.69) is 15.5 Å². The molecule has 0 amide bonds. The molecule has 0 bridgehead atoms. The molecule has 1 aromatic heterocycles. The minimum atomic E-state index is -3.50. The number of aromatic nitrogens is 1. The van der Waals surface area contributed by atoms with Crippen LogP contribution in [0, 0.1) is 0 Å². The fourth-order valence-electron chi connectivity index (χ4n) is 2.28. The summed E-state index contributed by atoms with van der Waals surface area (Å²) in [4.78, 5) is 4.30. The molecule has 1 heterocycles. The first-order valence-corrected chi connectivity index (χ1v) is 9.45. The lowest BCUT2D eigenvalue weighted by molar-refractivity contribution is 0.445. The maximum atomic E-state index is 12.4. The van der Waals surface area contributed by atoms with Crippen molar-refractivity contribution in [1.29, 1.82) is 0 Å². The van der Waals surface area contributed by atoms with Crippen LogP contribution in [-0.2, 0) is 10.0 Å². The molecular formula is C17H23N5O2S. The molecular weight excluding hydrogens is 338 g/mol. The first-order valence-electron chi connectivity index (χ1n) is 8.01. The molecule has 0 atom stereocenters. The van der Waals surface area contributed by atoms with Crippen LogP contribution in [0.4, 0.5) is 11.5 Å². The minimum absolute atomic E-state index is 0.165. The molecule has 2 aromatic rings. The summed E-state index contributed by atoms with van der Waals surface area (Å²) in [6, 6.07) is 10.5. The van der Waals surface area contributed by atoms with Gasteiger partial charge in [-0.15, -0.1) is 0 Å². The van der Waals surface area contributed by atoms with Gasteiger partial charge in [-0.3, -0.25) is 5.43 Å². The Bertz CT molecular complexity index is 844. The first kappa shape index (κ1) is 18.9. The monoisotopic (exact) mass is 361 g/mol. The number of nitrogens with zero attached hydrogens (tertiary/aromatic N) is 3. The molecule has 0 saturated heterocycles. The Morgan fingerprint density at radius 1 is 1.24 bits per heavy atom. The number of nitrogens with two attached hydrogens (primary N) is 1. The lowest BCUT2D eigenvalue weighted by Gasteiger charge is -2.18. The van der Waals surface area contributed by atoms with Crippen LogP contribution >= 0.6 is 0 Å². The van der Waals surface area contributed by atoms with Crippen LogP contribution in [0.1, 0.15) is 26.3 Å². The van der Waals surface area contributed by atoms with E-state index in [1.165, 1.54) is 16.6 Å². The zero-order valence-electron chi connectivity index (χ0n) is 14.6. The van der Waals surface area contributed by atoms with Gasteiger partial charge in [0.05, 0.1) is 5.71 Å². The minimum Gasteiger partial charge on any atom is -0.399 e. The van der Waals surface area contributed by atoms with Crippen LogP contribution in [0.5, 0.6) is 0 Å². The van der Waals surface area contributed by atoms with Crippen molar-refractivity contribution in [2.24, 2.45) is 5.10 Å². The summed E-state index contributed by atoms with van der Waals surface area (Å²) >= 11 is 0. The summed E-state index contributed by atoms with van der Waals surface area (Å²) in [5.41, 5.74) is 10.9. The van der Waals surface area contributed by atoms with Crippen LogP contribution in [0.3, 0.4) is 0 Å². The third-order valence-corrected chi connectivity index (χ3v) is 5.76. The topological polar surface area (TPSA) is 101 Å². The summed E-state index contributed by atoms with van der Waals surface area (Å²) in [5, 5.41) is 4.25. The zero-order chi connectivity index (χ0) is 18.4. The SMILES string of the molecule is CCN(CC)S(=O)(=O)c1ccc(N/N=C(\C)c2cccc(N)c2)nc1. The van der Waals surface area contributed by atoms with Crippen molar-refractivity contribution in [3.63, 3.8) is 0 Å². The van der Waals surface area contributed by atoms with Gasteiger partial charge >= 0.3 is 0 Å². The fourth-order valence-corrected chi connectivity index (χ4v) is 3.68. The van der Waals surface area contributed by atoms with E-state index in [1.54, 1.807) is 26.0 Å². The summed E-state index contributed by atoms with van der Waals surface area (Å²) < 4.78 is 26.2. The molecule has 7 nitrogen and oxygen atoms in total. The Balaban J connectivity index is 2.14. The molecule has 0 aliphatic carbocycles. The van der Waals surface area contributed by atoms with Gasteiger partial charge in [0.1, 0.15) is 10.7 Å². The zero-order valence-corrected chi connectivity index (χ0v) is 15.4. The predicted octanol–water partition coefficient (Wildman–Crippen LogP) is 2.53. The molecule has 3 N–H and O–H groups in total. The van der Waals surface area contributed by atoms with Crippen molar-refractivity contribution >= 4 is 27.2 Å². The van der Waals surface area contributed by atoms with Crippen LogP contribution in [-0.4, -0.2) is 36.5 Å². The summed E-state index contributed by atoms with van der Waals surface area (Å²) in [5.74, 6) is 0.460.